The number of hydrogen-bond donors (Lipinski definition) is 0. The standard InChI is InChI=1S/C13H12N2/c1-9-5-3-7-11-12(9)10-6-4-8-14-13(10)15(11)2/h3-8H,1-2H3. The van der Waals surface area contributed by atoms with Gasteiger partial charge in [-0.25, -0.2) is 4.98 Å². The molecule has 0 saturated carbocycles. The summed E-state index contributed by atoms with van der Waals surface area (Å²) in [6.45, 7) is 2.15. The van der Waals surface area contributed by atoms with Gasteiger partial charge in [0.2, 0.25) is 0 Å². The van der Waals surface area contributed by atoms with Crippen LogP contribution in [0.5, 0.6) is 0 Å². The molecule has 0 fully saturated rings. The third-order valence-electron chi connectivity index (χ3n) is 2.99. The second kappa shape index (κ2) is 2.83. The van der Waals surface area contributed by atoms with E-state index in [1.165, 1.54) is 21.9 Å². The molecule has 0 saturated heterocycles. The van der Waals surface area contributed by atoms with Gasteiger partial charge in [-0.3, -0.25) is 0 Å². The lowest BCUT2D eigenvalue weighted by molar-refractivity contribution is 0.989. The van der Waals surface area contributed by atoms with Gasteiger partial charge in [0.05, 0.1) is 5.52 Å². The molecule has 0 atom stereocenters. The molecule has 2 nitrogen and oxygen atoms in total. The van der Waals surface area contributed by atoms with Crippen LogP contribution in [0, 0.1) is 6.92 Å². The molecule has 0 aliphatic rings. The molecule has 74 valence electrons. The lowest BCUT2D eigenvalue weighted by Crippen LogP contribution is -1.88. The molecule has 0 aliphatic heterocycles. The third-order valence-corrected chi connectivity index (χ3v) is 2.99. The minimum atomic E-state index is 1.06. The molecular weight excluding hydrogens is 184 g/mol. The van der Waals surface area contributed by atoms with Crippen LogP contribution in [0.4, 0.5) is 0 Å². The Labute approximate surface area is 88.2 Å². The van der Waals surface area contributed by atoms with Crippen LogP contribution in [0.2, 0.25) is 0 Å². The van der Waals surface area contributed by atoms with Crippen molar-refractivity contribution in [3.05, 3.63) is 42.1 Å². The molecule has 3 aromatic rings. The van der Waals surface area contributed by atoms with Gasteiger partial charge in [0.25, 0.3) is 0 Å². The lowest BCUT2D eigenvalue weighted by atomic mass is 10.1. The molecular formula is C13H12N2. The lowest BCUT2D eigenvalue weighted by Gasteiger charge is -1.97. The number of pyridine rings is 1. The van der Waals surface area contributed by atoms with Crippen molar-refractivity contribution in [3.8, 4) is 0 Å². The largest absolute Gasteiger partial charge is 0.328 e. The Bertz CT molecular complexity index is 650. The molecule has 0 radical (unpaired) electrons. The normalized spacial score (nSPS) is 11.3. The van der Waals surface area contributed by atoms with Crippen molar-refractivity contribution in [1.82, 2.24) is 9.55 Å². The maximum Gasteiger partial charge on any atom is 0.140 e. The topological polar surface area (TPSA) is 17.8 Å². The number of nitrogens with zero attached hydrogens (tertiary/aromatic N) is 2. The molecule has 1 aromatic carbocycles. The van der Waals surface area contributed by atoms with E-state index in [2.05, 4.69) is 47.8 Å². The molecule has 2 aromatic heterocycles. The van der Waals surface area contributed by atoms with Crippen LogP contribution >= 0.6 is 0 Å². The van der Waals surface area contributed by atoms with E-state index in [-0.39, 0.29) is 0 Å². The molecule has 2 heterocycles. The molecule has 0 aliphatic carbocycles. The fourth-order valence-electron chi connectivity index (χ4n) is 2.26. The minimum absolute atomic E-state index is 1.06. The number of aryl methyl sites for hydroxylation is 2. The summed E-state index contributed by atoms with van der Waals surface area (Å²) >= 11 is 0. The summed E-state index contributed by atoms with van der Waals surface area (Å²) in [7, 11) is 2.07. The summed E-state index contributed by atoms with van der Waals surface area (Å²) in [5.41, 5.74) is 3.62. The number of aromatic nitrogens is 2. The monoisotopic (exact) mass is 196 g/mol. The first kappa shape index (κ1) is 8.48. The summed E-state index contributed by atoms with van der Waals surface area (Å²) in [4.78, 5) is 4.42. The van der Waals surface area contributed by atoms with Gasteiger partial charge in [-0.2, -0.15) is 0 Å². The highest BCUT2D eigenvalue weighted by Crippen LogP contribution is 2.28. The van der Waals surface area contributed by atoms with E-state index >= 15 is 0 Å². The Balaban J connectivity index is 2.70. The first-order chi connectivity index (χ1) is 7.29. The van der Waals surface area contributed by atoms with E-state index in [1.807, 2.05) is 12.3 Å². The van der Waals surface area contributed by atoms with Gasteiger partial charge in [-0.05, 0) is 30.7 Å². The zero-order chi connectivity index (χ0) is 10.4. The summed E-state index contributed by atoms with van der Waals surface area (Å²) in [6, 6.07) is 10.5. The van der Waals surface area contributed by atoms with Crippen LogP contribution in [0.3, 0.4) is 0 Å². The predicted molar refractivity (Wildman–Crippen MR) is 63.0 cm³/mol. The SMILES string of the molecule is Cc1cccc2c1c1cccnc1n2C. The van der Waals surface area contributed by atoms with Crippen LogP contribution in [0.1, 0.15) is 5.56 Å². The molecule has 0 amide bonds. The van der Waals surface area contributed by atoms with Crippen LogP contribution in [0.15, 0.2) is 36.5 Å². The van der Waals surface area contributed by atoms with Crippen molar-refractivity contribution in [2.75, 3.05) is 0 Å². The first-order valence-corrected chi connectivity index (χ1v) is 5.08. The average molecular weight is 196 g/mol. The van der Waals surface area contributed by atoms with Crippen molar-refractivity contribution in [2.45, 2.75) is 6.92 Å². The molecule has 0 bridgehead atoms. The van der Waals surface area contributed by atoms with E-state index in [4.69, 9.17) is 0 Å². The zero-order valence-corrected chi connectivity index (χ0v) is 8.86. The predicted octanol–water partition coefficient (Wildman–Crippen LogP) is 3.03. The summed E-state index contributed by atoms with van der Waals surface area (Å²) in [5, 5.41) is 2.57. The van der Waals surface area contributed by atoms with Gasteiger partial charge >= 0.3 is 0 Å². The molecule has 0 N–H and O–H groups in total. The fraction of sp³-hybridized carbons (Fsp3) is 0.154. The van der Waals surface area contributed by atoms with Gasteiger partial charge in [-0.15, -0.1) is 0 Å². The Hall–Kier alpha value is -1.83. The van der Waals surface area contributed by atoms with Crippen LogP contribution in [-0.4, -0.2) is 9.55 Å². The highest BCUT2D eigenvalue weighted by Gasteiger charge is 2.09. The molecule has 0 spiro atoms. The van der Waals surface area contributed by atoms with Gasteiger partial charge in [0.15, 0.2) is 0 Å². The summed E-state index contributed by atoms with van der Waals surface area (Å²) in [5.74, 6) is 0. The fourth-order valence-corrected chi connectivity index (χ4v) is 2.26. The van der Waals surface area contributed by atoms with Crippen LogP contribution in [-0.2, 0) is 7.05 Å². The van der Waals surface area contributed by atoms with Gasteiger partial charge in [0.1, 0.15) is 5.65 Å². The van der Waals surface area contributed by atoms with Gasteiger partial charge in [0, 0.05) is 24.0 Å². The molecule has 0 unspecified atom stereocenters. The van der Waals surface area contributed by atoms with E-state index in [9.17, 15) is 0 Å². The van der Waals surface area contributed by atoms with Crippen molar-refractivity contribution < 1.29 is 0 Å². The van der Waals surface area contributed by atoms with Crippen LogP contribution < -0.4 is 0 Å². The van der Waals surface area contributed by atoms with Gasteiger partial charge < -0.3 is 4.57 Å². The van der Waals surface area contributed by atoms with E-state index in [0.717, 1.165) is 5.65 Å². The first-order valence-electron chi connectivity index (χ1n) is 5.08. The maximum absolute atomic E-state index is 4.42. The second-order valence-corrected chi connectivity index (χ2v) is 3.90. The average Bonchev–Trinajstić information content (AvgIpc) is 2.55. The van der Waals surface area contributed by atoms with Crippen molar-refractivity contribution in [1.29, 1.82) is 0 Å². The summed E-state index contributed by atoms with van der Waals surface area (Å²) in [6.07, 6.45) is 1.84. The maximum atomic E-state index is 4.42. The number of rotatable bonds is 0. The Morgan fingerprint density at radius 1 is 1.13 bits per heavy atom. The molecule has 3 rings (SSSR count). The van der Waals surface area contributed by atoms with E-state index in [1.54, 1.807) is 0 Å². The Kier molecular flexibility index (Phi) is 1.60. The van der Waals surface area contributed by atoms with Gasteiger partial charge in [-0.1, -0.05) is 12.1 Å². The van der Waals surface area contributed by atoms with Crippen LogP contribution in [0.25, 0.3) is 21.9 Å². The molecule has 15 heavy (non-hydrogen) atoms. The number of hydrogen-bond acceptors (Lipinski definition) is 1. The Morgan fingerprint density at radius 3 is 2.87 bits per heavy atom. The zero-order valence-electron chi connectivity index (χ0n) is 8.86. The number of fused-ring (bicyclic) bond motifs is 3. The molecule has 2 heteroatoms. The highest BCUT2D eigenvalue weighted by molar-refractivity contribution is 6.08. The number of benzene rings is 1. The minimum Gasteiger partial charge on any atom is -0.328 e. The highest BCUT2D eigenvalue weighted by atomic mass is 15.0. The third kappa shape index (κ3) is 1.02. The quantitative estimate of drug-likeness (QED) is 0.540. The Morgan fingerprint density at radius 2 is 2.00 bits per heavy atom. The second-order valence-electron chi connectivity index (χ2n) is 3.90. The van der Waals surface area contributed by atoms with Crippen molar-refractivity contribution in [2.24, 2.45) is 7.05 Å². The van der Waals surface area contributed by atoms with Crippen molar-refractivity contribution in [3.63, 3.8) is 0 Å². The van der Waals surface area contributed by atoms with E-state index < -0.39 is 0 Å². The smallest absolute Gasteiger partial charge is 0.140 e. The summed E-state index contributed by atoms with van der Waals surface area (Å²) < 4.78 is 2.15. The van der Waals surface area contributed by atoms with E-state index in [0.29, 0.717) is 0 Å². The van der Waals surface area contributed by atoms with Crippen molar-refractivity contribution >= 4 is 21.9 Å².